The number of aryl methyl sites for hydroxylation is 2. The molecular weight excluding hydrogens is 314 g/mol. The Morgan fingerprint density at radius 1 is 1.21 bits per heavy atom. The van der Waals surface area contributed by atoms with Crippen LogP contribution in [0.5, 0.6) is 0 Å². The molecule has 9 heteroatoms. The van der Waals surface area contributed by atoms with Crippen molar-refractivity contribution in [1.29, 1.82) is 0 Å². The molecule has 0 bridgehead atoms. The number of nitrogens with one attached hydrogen (secondary N) is 1. The van der Waals surface area contributed by atoms with Gasteiger partial charge >= 0.3 is 5.69 Å². The summed E-state index contributed by atoms with van der Waals surface area (Å²) in [6.45, 7) is 3.85. The largest absolute Gasteiger partial charge is 0.391 e. The van der Waals surface area contributed by atoms with E-state index in [2.05, 4.69) is 0 Å². The second-order valence-electron chi connectivity index (χ2n) is 6.20. The number of imidazole rings is 1. The monoisotopic (exact) mass is 336 g/mol. The number of rotatable bonds is 4. The van der Waals surface area contributed by atoms with Gasteiger partial charge < -0.3 is 14.9 Å². The molecule has 0 amide bonds. The van der Waals surface area contributed by atoms with Crippen molar-refractivity contribution >= 4 is 22.4 Å². The van der Waals surface area contributed by atoms with Crippen LogP contribution in [0.3, 0.4) is 0 Å². The normalized spacial score (nSPS) is 16.0. The van der Waals surface area contributed by atoms with Gasteiger partial charge in [-0.15, -0.1) is 0 Å². The molecule has 1 aromatic carbocycles. The number of anilines is 1. The first-order valence-corrected chi connectivity index (χ1v) is 7.97. The van der Waals surface area contributed by atoms with Crippen LogP contribution in [-0.2, 0) is 14.1 Å². The van der Waals surface area contributed by atoms with Gasteiger partial charge in [-0.25, -0.2) is 4.79 Å². The fourth-order valence-electron chi connectivity index (χ4n) is 3.39. The van der Waals surface area contributed by atoms with Crippen LogP contribution in [0.2, 0.25) is 0 Å². The molecule has 1 aliphatic heterocycles. The number of nitro groups is 1. The molecule has 2 aromatic rings. The third-order valence-electron chi connectivity index (χ3n) is 4.84. The standard InChI is InChI=1S/C15H21N5O4/c1-16-11-9-13(19-5-3-18(4-6-19)7-8-21)14(20(23)24)10-12(11)17(2)15(16)22/h9-10,21H,3-8H2,1-2H3/p+1. The predicted molar refractivity (Wildman–Crippen MR) is 89.7 cm³/mol. The van der Waals surface area contributed by atoms with Crippen LogP contribution in [0, 0.1) is 10.1 Å². The third-order valence-corrected chi connectivity index (χ3v) is 4.84. The number of aliphatic hydroxyl groups is 1. The van der Waals surface area contributed by atoms with Crippen molar-refractivity contribution < 1.29 is 14.9 Å². The van der Waals surface area contributed by atoms with E-state index < -0.39 is 0 Å². The summed E-state index contributed by atoms with van der Waals surface area (Å²) in [5.74, 6) is 0. The Morgan fingerprint density at radius 2 is 1.79 bits per heavy atom. The van der Waals surface area contributed by atoms with E-state index in [0.717, 1.165) is 13.1 Å². The molecule has 0 saturated carbocycles. The number of fused-ring (bicyclic) bond motifs is 1. The first kappa shape index (κ1) is 16.5. The van der Waals surface area contributed by atoms with E-state index in [9.17, 15) is 14.9 Å². The van der Waals surface area contributed by atoms with E-state index >= 15 is 0 Å². The molecule has 1 aromatic heterocycles. The first-order valence-electron chi connectivity index (χ1n) is 7.97. The minimum Gasteiger partial charge on any atom is -0.391 e. The SMILES string of the molecule is Cn1c(=O)n(C)c2cc([N+](=O)[O-])c(N3CC[NH+](CCO)CC3)cc21. The summed E-state index contributed by atoms with van der Waals surface area (Å²) < 4.78 is 2.94. The second kappa shape index (κ2) is 6.25. The average molecular weight is 336 g/mol. The van der Waals surface area contributed by atoms with E-state index in [1.54, 1.807) is 20.2 Å². The smallest absolute Gasteiger partial charge is 0.328 e. The maximum atomic E-state index is 12.1. The van der Waals surface area contributed by atoms with Crippen molar-refractivity contribution in [3.05, 3.63) is 32.7 Å². The van der Waals surface area contributed by atoms with Gasteiger partial charge in [0.25, 0.3) is 5.69 Å². The van der Waals surface area contributed by atoms with Crippen molar-refractivity contribution in [3.63, 3.8) is 0 Å². The molecule has 0 aliphatic carbocycles. The van der Waals surface area contributed by atoms with Gasteiger partial charge in [0, 0.05) is 20.2 Å². The van der Waals surface area contributed by atoms with Gasteiger partial charge in [0.2, 0.25) is 0 Å². The first-order chi connectivity index (χ1) is 11.4. The zero-order valence-electron chi connectivity index (χ0n) is 13.9. The minimum absolute atomic E-state index is 0.0225. The van der Waals surface area contributed by atoms with Crippen LogP contribution in [0.1, 0.15) is 0 Å². The van der Waals surface area contributed by atoms with E-state index in [-0.39, 0.29) is 22.9 Å². The Morgan fingerprint density at radius 3 is 2.33 bits per heavy atom. The van der Waals surface area contributed by atoms with Gasteiger partial charge in [-0.3, -0.25) is 19.2 Å². The molecule has 2 N–H and O–H groups in total. The summed E-state index contributed by atoms with van der Waals surface area (Å²) in [7, 11) is 3.29. The van der Waals surface area contributed by atoms with Crippen molar-refractivity contribution in [3.8, 4) is 0 Å². The summed E-state index contributed by atoms with van der Waals surface area (Å²) in [6.07, 6.45) is 0. The lowest BCUT2D eigenvalue weighted by molar-refractivity contribution is -0.900. The Labute approximate surface area is 138 Å². The van der Waals surface area contributed by atoms with Gasteiger partial charge in [-0.05, 0) is 6.07 Å². The maximum Gasteiger partial charge on any atom is 0.328 e. The molecular formula is C15H22N5O4+. The predicted octanol–water partition coefficient (Wildman–Crippen LogP) is -1.52. The Balaban J connectivity index is 2.04. The van der Waals surface area contributed by atoms with Crippen molar-refractivity contribution in [2.24, 2.45) is 14.1 Å². The summed E-state index contributed by atoms with van der Waals surface area (Å²) in [6, 6.07) is 3.23. The van der Waals surface area contributed by atoms with Gasteiger partial charge in [-0.1, -0.05) is 0 Å². The highest BCUT2D eigenvalue weighted by Crippen LogP contribution is 2.32. The molecule has 9 nitrogen and oxygen atoms in total. The van der Waals surface area contributed by atoms with Gasteiger partial charge in [0.1, 0.15) is 12.2 Å². The lowest BCUT2D eigenvalue weighted by atomic mass is 10.2. The van der Waals surface area contributed by atoms with E-state index in [4.69, 9.17) is 5.11 Å². The molecule has 130 valence electrons. The average Bonchev–Trinajstić information content (AvgIpc) is 2.79. The van der Waals surface area contributed by atoms with Crippen LogP contribution in [0.25, 0.3) is 11.0 Å². The minimum atomic E-state index is -0.390. The van der Waals surface area contributed by atoms with Crippen LogP contribution < -0.4 is 15.5 Å². The Kier molecular flexibility index (Phi) is 4.29. The lowest BCUT2D eigenvalue weighted by Gasteiger charge is -2.33. The third kappa shape index (κ3) is 2.65. The molecule has 1 saturated heterocycles. The molecule has 2 heterocycles. The van der Waals surface area contributed by atoms with Crippen LogP contribution >= 0.6 is 0 Å². The number of quaternary nitrogens is 1. The molecule has 3 rings (SSSR count). The van der Waals surface area contributed by atoms with Crippen LogP contribution in [0.15, 0.2) is 16.9 Å². The molecule has 1 aliphatic rings. The number of nitro benzene ring substituents is 1. The van der Waals surface area contributed by atoms with Crippen molar-refractivity contribution in [2.75, 3.05) is 44.2 Å². The van der Waals surface area contributed by atoms with Crippen molar-refractivity contribution in [1.82, 2.24) is 9.13 Å². The molecule has 24 heavy (non-hydrogen) atoms. The number of hydrogen-bond acceptors (Lipinski definition) is 5. The van der Waals surface area contributed by atoms with E-state index in [1.807, 2.05) is 4.90 Å². The van der Waals surface area contributed by atoms with Gasteiger partial charge in [0.15, 0.2) is 0 Å². The highest BCUT2D eigenvalue weighted by Gasteiger charge is 2.27. The fraction of sp³-hybridized carbons (Fsp3) is 0.533. The molecule has 0 atom stereocenters. The second-order valence-corrected chi connectivity index (χ2v) is 6.20. The molecule has 0 unspecified atom stereocenters. The number of piperazine rings is 1. The maximum absolute atomic E-state index is 12.1. The Hall–Kier alpha value is -2.39. The number of nitrogens with zero attached hydrogens (tertiary/aromatic N) is 4. The van der Waals surface area contributed by atoms with Gasteiger partial charge in [0.05, 0.1) is 48.7 Å². The highest BCUT2D eigenvalue weighted by molar-refractivity contribution is 5.86. The van der Waals surface area contributed by atoms with Crippen LogP contribution in [-0.4, -0.2) is 58.5 Å². The van der Waals surface area contributed by atoms with Crippen molar-refractivity contribution in [2.45, 2.75) is 0 Å². The number of aliphatic hydroxyl groups excluding tert-OH is 1. The fourth-order valence-corrected chi connectivity index (χ4v) is 3.39. The lowest BCUT2D eigenvalue weighted by Crippen LogP contribution is -3.15. The highest BCUT2D eigenvalue weighted by atomic mass is 16.6. The van der Waals surface area contributed by atoms with E-state index in [1.165, 1.54) is 20.1 Å². The summed E-state index contributed by atoms with van der Waals surface area (Å²) in [5.41, 5.74) is 1.62. The quantitative estimate of drug-likeness (QED) is 0.522. The zero-order valence-corrected chi connectivity index (χ0v) is 13.9. The number of benzene rings is 1. The van der Waals surface area contributed by atoms with Gasteiger partial charge in [-0.2, -0.15) is 0 Å². The molecule has 0 radical (unpaired) electrons. The number of aromatic nitrogens is 2. The summed E-state index contributed by atoms with van der Waals surface area (Å²) >= 11 is 0. The topological polar surface area (TPSA) is 98.0 Å². The summed E-state index contributed by atoms with van der Waals surface area (Å²) in [5, 5.41) is 20.6. The summed E-state index contributed by atoms with van der Waals surface area (Å²) in [4.78, 5) is 26.5. The molecule has 0 spiro atoms. The zero-order chi connectivity index (χ0) is 17.4. The Bertz CT molecular complexity index is 832. The van der Waals surface area contributed by atoms with E-state index in [0.29, 0.717) is 36.4 Å². The van der Waals surface area contributed by atoms with Crippen LogP contribution in [0.4, 0.5) is 11.4 Å². The molecule has 1 fully saturated rings. The number of hydrogen-bond donors (Lipinski definition) is 2.